The van der Waals surface area contributed by atoms with E-state index in [0.29, 0.717) is 18.7 Å². The predicted octanol–water partition coefficient (Wildman–Crippen LogP) is 6.64. The predicted molar refractivity (Wildman–Crippen MR) is 192 cm³/mol. The molecule has 2 amide bonds. The van der Waals surface area contributed by atoms with Crippen molar-refractivity contribution in [3.8, 4) is 0 Å². The van der Waals surface area contributed by atoms with Crippen molar-refractivity contribution in [2.45, 2.75) is 83.7 Å². The fourth-order valence-corrected chi connectivity index (χ4v) is 9.89. The molecule has 4 saturated carbocycles. The van der Waals surface area contributed by atoms with Crippen LogP contribution in [0.25, 0.3) is 0 Å². The van der Waals surface area contributed by atoms with Crippen molar-refractivity contribution in [1.29, 1.82) is 0 Å². The average Bonchev–Trinajstić information content (AvgIpc) is 3.03. The zero-order chi connectivity index (χ0) is 34.1. The number of rotatable bonds is 13. The van der Waals surface area contributed by atoms with E-state index in [1.54, 1.807) is 4.90 Å². The molecule has 0 radical (unpaired) electrons. The lowest BCUT2D eigenvalue weighted by Gasteiger charge is -2.57. The summed E-state index contributed by atoms with van der Waals surface area (Å²) in [6, 6.07) is 24.7. The standard InChI is InChI=1S/C40H51N3O4S/c1-28(2)25-41-39(45)37(21-30-10-6-5-7-11-30)42(26-31-12-8-9-29(3)17-31)38(44)27-43(48(4,46)47)36-15-13-35(14-16-36)40-22-32-18-33(23-40)20-34(19-32)24-40/h5-17,28,32-34,37H,18-27H2,1-4H3,(H,41,45)/t32?,33?,34?,37-,40?/m1/s1. The maximum absolute atomic E-state index is 14.5. The molecular weight excluding hydrogens is 619 g/mol. The lowest BCUT2D eigenvalue weighted by Crippen LogP contribution is -2.53. The summed E-state index contributed by atoms with van der Waals surface area (Å²) in [5, 5.41) is 3.05. The number of sulfonamides is 1. The van der Waals surface area contributed by atoms with Gasteiger partial charge in [0.05, 0.1) is 11.9 Å². The molecule has 4 fully saturated rings. The first kappa shape index (κ1) is 34.2. The fraction of sp³-hybridized carbons (Fsp3) is 0.500. The number of benzene rings is 3. The van der Waals surface area contributed by atoms with Gasteiger partial charge in [-0.15, -0.1) is 0 Å². The van der Waals surface area contributed by atoms with Gasteiger partial charge in [0.1, 0.15) is 12.6 Å². The van der Waals surface area contributed by atoms with Crippen LogP contribution in [0, 0.1) is 30.6 Å². The van der Waals surface area contributed by atoms with Gasteiger partial charge < -0.3 is 10.2 Å². The van der Waals surface area contributed by atoms with E-state index in [0.717, 1.165) is 40.7 Å². The summed E-state index contributed by atoms with van der Waals surface area (Å²) in [5.74, 6) is 1.98. The van der Waals surface area contributed by atoms with Crippen LogP contribution >= 0.6 is 0 Å². The number of hydrogen-bond acceptors (Lipinski definition) is 4. The van der Waals surface area contributed by atoms with Crippen molar-refractivity contribution in [2.24, 2.45) is 23.7 Å². The lowest BCUT2D eigenvalue weighted by atomic mass is 9.48. The summed E-state index contributed by atoms with van der Waals surface area (Å²) in [6.07, 6.45) is 9.21. The third kappa shape index (κ3) is 7.80. The largest absolute Gasteiger partial charge is 0.354 e. The molecule has 4 aliphatic rings. The topological polar surface area (TPSA) is 86.8 Å². The first-order valence-corrected chi connectivity index (χ1v) is 19.5. The Morgan fingerprint density at radius 1 is 0.854 bits per heavy atom. The third-order valence-corrected chi connectivity index (χ3v) is 12.0. The van der Waals surface area contributed by atoms with Crippen LogP contribution < -0.4 is 9.62 Å². The van der Waals surface area contributed by atoms with E-state index in [1.165, 1.54) is 48.4 Å². The van der Waals surface area contributed by atoms with Crippen LogP contribution in [-0.4, -0.2) is 50.5 Å². The third-order valence-electron chi connectivity index (χ3n) is 10.9. The van der Waals surface area contributed by atoms with Gasteiger partial charge in [-0.1, -0.05) is 86.1 Å². The van der Waals surface area contributed by atoms with Crippen molar-refractivity contribution in [3.05, 3.63) is 101 Å². The molecule has 0 heterocycles. The van der Waals surface area contributed by atoms with Crippen LogP contribution in [0.4, 0.5) is 5.69 Å². The van der Waals surface area contributed by atoms with Crippen LogP contribution in [0.15, 0.2) is 78.9 Å². The second-order valence-corrected chi connectivity index (χ2v) is 17.3. The molecule has 3 aromatic rings. The number of nitrogens with zero attached hydrogens (tertiary/aromatic N) is 2. The molecule has 4 bridgehead atoms. The van der Waals surface area contributed by atoms with Gasteiger partial charge in [-0.2, -0.15) is 0 Å². The molecule has 1 atom stereocenters. The van der Waals surface area contributed by atoms with Gasteiger partial charge in [0, 0.05) is 19.5 Å². The Morgan fingerprint density at radius 3 is 2.02 bits per heavy atom. The van der Waals surface area contributed by atoms with Crippen molar-refractivity contribution in [1.82, 2.24) is 10.2 Å². The molecule has 0 saturated heterocycles. The van der Waals surface area contributed by atoms with Crippen LogP contribution in [-0.2, 0) is 38.0 Å². The van der Waals surface area contributed by atoms with Gasteiger partial charge in [-0.3, -0.25) is 13.9 Å². The molecule has 3 aromatic carbocycles. The SMILES string of the molecule is Cc1cccc(CN(C(=O)CN(c2ccc(C34CC5CC(CC(C5)C3)C4)cc2)S(C)(=O)=O)[C@H](Cc2ccccc2)C(=O)NCC(C)C)c1. The molecule has 7 nitrogen and oxygen atoms in total. The van der Waals surface area contributed by atoms with Crippen molar-refractivity contribution in [2.75, 3.05) is 23.7 Å². The molecule has 4 aliphatic carbocycles. The van der Waals surface area contributed by atoms with Gasteiger partial charge in [-0.05, 0) is 103 Å². The highest BCUT2D eigenvalue weighted by Crippen LogP contribution is 2.60. The number of carbonyl (C=O) groups excluding carboxylic acids is 2. The molecular formula is C40H51N3O4S. The minimum Gasteiger partial charge on any atom is -0.354 e. The number of nitrogens with one attached hydrogen (secondary N) is 1. The summed E-state index contributed by atoms with van der Waals surface area (Å²) < 4.78 is 27.9. The Hall–Kier alpha value is -3.65. The van der Waals surface area contributed by atoms with Gasteiger partial charge in [-0.25, -0.2) is 8.42 Å². The van der Waals surface area contributed by atoms with Gasteiger partial charge in [0.2, 0.25) is 21.8 Å². The van der Waals surface area contributed by atoms with Crippen LogP contribution in [0.3, 0.4) is 0 Å². The molecule has 0 aliphatic heterocycles. The molecule has 0 spiro atoms. The van der Waals surface area contributed by atoms with Crippen LogP contribution in [0.2, 0.25) is 0 Å². The Balaban J connectivity index is 1.30. The van der Waals surface area contributed by atoms with Crippen LogP contribution in [0.1, 0.15) is 74.6 Å². The molecule has 48 heavy (non-hydrogen) atoms. The quantitative estimate of drug-likeness (QED) is 0.221. The van der Waals surface area contributed by atoms with E-state index in [4.69, 9.17) is 0 Å². The van der Waals surface area contributed by atoms with E-state index in [2.05, 4.69) is 17.4 Å². The van der Waals surface area contributed by atoms with E-state index in [1.807, 2.05) is 87.5 Å². The second kappa shape index (κ2) is 14.1. The minimum atomic E-state index is -3.82. The molecule has 256 valence electrons. The molecule has 0 aromatic heterocycles. The Bertz CT molecular complexity index is 1670. The zero-order valence-corrected chi connectivity index (χ0v) is 29.7. The monoisotopic (exact) mass is 669 g/mol. The molecule has 0 unspecified atom stereocenters. The smallest absolute Gasteiger partial charge is 0.244 e. The number of amides is 2. The highest BCUT2D eigenvalue weighted by molar-refractivity contribution is 7.92. The number of aryl methyl sites for hydroxylation is 1. The summed E-state index contributed by atoms with van der Waals surface area (Å²) in [4.78, 5) is 29.9. The van der Waals surface area contributed by atoms with E-state index < -0.39 is 28.5 Å². The van der Waals surface area contributed by atoms with Gasteiger partial charge in [0.15, 0.2) is 0 Å². The van der Waals surface area contributed by atoms with Crippen molar-refractivity contribution >= 4 is 27.5 Å². The summed E-state index contributed by atoms with van der Waals surface area (Å²) in [5.41, 5.74) is 4.81. The van der Waals surface area contributed by atoms with Crippen molar-refractivity contribution < 1.29 is 18.0 Å². The highest BCUT2D eigenvalue weighted by Gasteiger charge is 2.51. The first-order chi connectivity index (χ1) is 22.9. The zero-order valence-electron chi connectivity index (χ0n) is 28.9. The maximum atomic E-state index is 14.5. The number of hydrogen-bond donors (Lipinski definition) is 1. The van der Waals surface area contributed by atoms with Crippen LogP contribution in [0.5, 0.6) is 0 Å². The first-order valence-electron chi connectivity index (χ1n) is 17.6. The Morgan fingerprint density at radius 2 is 1.46 bits per heavy atom. The van der Waals surface area contributed by atoms with Gasteiger partial charge in [0.25, 0.3) is 0 Å². The summed E-state index contributed by atoms with van der Waals surface area (Å²) >= 11 is 0. The number of carbonyl (C=O) groups is 2. The molecule has 1 N–H and O–H groups in total. The summed E-state index contributed by atoms with van der Waals surface area (Å²) in [6.45, 7) is 6.30. The molecule has 8 heteroatoms. The van der Waals surface area contributed by atoms with Gasteiger partial charge >= 0.3 is 0 Å². The average molecular weight is 670 g/mol. The summed E-state index contributed by atoms with van der Waals surface area (Å²) in [7, 11) is -3.82. The lowest BCUT2D eigenvalue weighted by molar-refractivity contribution is -0.140. The minimum absolute atomic E-state index is 0.176. The second-order valence-electron chi connectivity index (χ2n) is 15.4. The maximum Gasteiger partial charge on any atom is 0.244 e. The Kier molecular flexibility index (Phi) is 10.0. The fourth-order valence-electron chi connectivity index (χ4n) is 9.04. The highest BCUT2D eigenvalue weighted by atomic mass is 32.2. The van der Waals surface area contributed by atoms with E-state index in [9.17, 15) is 18.0 Å². The molecule has 7 rings (SSSR count). The van der Waals surface area contributed by atoms with Crippen molar-refractivity contribution in [3.63, 3.8) is 0 Å². The normalized spacial score (nSPS) is 23.6. The van der Waals surface area contributed by atoms with E-state index in [-0.39, 0.29) is 23.8 Å². The van der Waals surface area contributed by atoms with E-state index >= 15 is 0 Å². The Labute approximate surface area is 287 Å². The number of anilines is 1.